The Hall–Kier alpha value is -1.01. The number of rotatable bonds is 7. The standard InChI is InChI=1S/C18H27ClN2O3.ClH/c1-13(2)11-24-16-5-4-14(10-15(16)19)21-17(22)18(12-23-3)6-8-20-9-7-18;/h4-5,10,13,20H,6-9,11-12H2,1-3H3,(H,21,22);1H. The van der Waals surface area contributed by atoms with E-state index in [1.54, 1.807) is 19.2 Å². The number of carbonyl (C=O) groups excluding carboxylic acids is 1. The molecule has 0 aliphatic carbocycles. The highest BCUT2D eigenvalue weighted by Crippen LogP contribution is 2.33. The first kappa shape index (κ1) is 22.0. The van der Waals surface area contributed by atoms with Crippen LogP contribution in [0.25, 0.3) is 0 Å². The average Bonchev–Trinajstić information content (AvgIpc) is 2.55. The van der Waals surface area contributed by atoms with E-state index in [0.717, 1.165) is 25.9 Å². The lowest BCUT2D eigenvalue weighted by Crippen LogP contribution is -2.47. The van der Waals surface area contributed by atoms with Crippen LogP contribution in [-0.2, 0) is 9.53 Å². The Balaban J connectivity index is 0.00000312. The third kappa shape index (κ3) is 6.03. The fraction of sp³-hybridized carbons (Fsp3) is 0.611. The molecule has 142 valence electrons. The second kappa shape index (κ2) is 10.2. The molecule has 1 fully saturated rings. The van der Waals surface area contributed by atoms with Crippen LogP contribution in [0.4, 0.5) is 5.69 Å². The van der Waals surface area contributed by atoms with Crippen molar-refractivity contribution in [1.82, 2.24) is 5.32 Å². The summed E-state index contributed by atoms with van der Waals surface area (Å²) in [7, 11) is 1.63. The summed E-state index contributed by atoms with van der Waals surface area (Å²) < 4.78 is 11.0. The number of anilines is 1. The molecule has 0 unspecified atom stereocenters. The van der Waals surface area contributed by atoms with Crippen molar-refractivity contribution in [3.05, 3.63) is 23.2 Å². The van der Waals surface area contributed by atoms with Gasteiger partial charge < -0.3 is 20.1 Å². The van der Waals surface area contributed by atoms with Crippen molar-refractivity contribution in [3.63, 3.8) is 0 Å². The molecule has 0 bridgehead atoms. The van der Waals surface area contributed by atoms with Crippen molar-refractivity contribution in [1.29, 1.82) is 0 Å². The first-order chi connectivity index (χ1) is 11.5. The van der Waals surface area contributed by atoms with Crippen LogP contribution in [0.15, 0.2) is 18.2 Å². The zero-order chi connectivity index (χ0) is 17.6. The Morgan fingerprint density at radius 1 is 1.36 bits per heavy atom. The van der Waals surface area contributed by atoms with Crippen molar-refractivity contribution >= 4 is 35.6 Å². The lowest BCUT2D eigenvalue weighted by atomic mass is 9.78. The first-order valence-corrected chi connectivity index (χ1v) is 8.78. The second-order valence-corrected chi connectivity index (χ2v) is 7.17. The maximum Gasteiger partial charge on any atom is 0.233 e. The number of ether oxygens (including phenoxy) is 2. The van der Waals surface area contributed by atoms with Crippen LogP contribution in [0.1, 0.15) is 26.7 Å². The zero-order valence-corrected chi connectivity index (χ0v) is 16.6. The molecule has 1 aromatic rings. The van der Waals surface area contributed by atoms with Gasteiger partial charge in [0.05, 0.1) is 23.7 Å². The van der Waals surface area contributed by atoms with Gasteiger partial charge in [-0.2, -0.15) is 0 Å². The van der Waals surface area contributed by atoms with Gasteiger partial charge in [0.15, 0.2) is 0 Å². The van der Waals surface area contributed by atoms with Crippen LogP contribution >= 0.6 is 24.0 Å². The van der Waals surface area contributed by atoms with Crippen LogP contribution < -0.4 is 15.4 Å². The Kier molecular flexibility index (Phi) is 9.00. The number of nitrogens with one attached hydrogen (secondary N) is 2. The van der Waals surface area contributed by atoms with Crippen LogP contribution in [0.3, 0.4) is 0 Å². The summed E-state index contributed by atoms with van der Waals surface area (Å²) in [5.74, 6) is 1.05. The van der Waals surface area contributed by atoms with Crippen molar-refractivity contribution in [2.75, 3.05) is 38.7 Å². The summed E-state index contributed by atoms with van der Waals surface area (Å²) >= 11 is 6.27. The van der Waals surface area contributed by atoms with E-state index >= 15 is 0 Å². The number of carbonyl (C=O) groups is 1. The van der Waals surface area contributed by atoms with E-state index in [-0.39, 0.29) is 18.3 Å². The van der Waals surface area contributed by atoms with Crippen LogP contribution in [0, 0.1) is 11.3 Å². The van der Waals surface area contributed by atoms with Gasteiger partial charge in [0.1, 0.15) is 5.75 Å². The van der Waals surface area contributed by atoms with Crippen molar-refractivity contribution in [2.45, 2.75) is 26.7 Å². The summed E-state index contributed by atoms with van der Waals surface area (Å²) in [5, 5.41) is 6.77. The zero-order valence-electron chi connectivity index (χ0n) is 15.1. The molecule has 5 nitrogen and oxygen atoms in total. The molecule has 0 spiro atoms. The molecule has 2 rings (SSSR count). The summed E-state index contributed by atoms with van der Waals surface area (Å²) in [6, 6.07) is 5.35. The normalized spacial score (nSPS) is 16.2. The molecule has 0 atom stereocenters. The maximum absolute atomic E-state index is 12.8. The molecular weight excluding hydrogens is 363 g/mol. The topological polar surface area (TPSA) is 59.6 Å². The predicted molar refractivity (Wildman–Crippen MR) is 104 cm³/mol. The summed E-state index contributed by atoms with van der Waals surface area (Å²) in [6.07, 6.45) is 1.52. The molecule has 0 radical (unpaired) electrons. The molecule has 1 amide bonds. The van der Waals surface area contributed by atoms with E-state index in [1.165, 1.54) is 0 Å². The Bertz CT molecular complexity index is 556. The smallest absolute Gasteiger partial charge is 0.233 e. The quantitative estimate of drug-likeness (QED) is 0.743. The molecule has 1 heterocycles. The Morgan fingerprint density at radius 3 is 2.60 bits per heavy atom. The minimum Gasteiger partial charge on any atom is -0.492 e. The van der Waals surface area contributed by atoms with E-state index < -0.39 is 5.41 Å². The molecule has 25 heavy (non-hydrogen) atoms. The monoisotopic (exact) mass is 390 g/mol. The van der Waals surface area contributed by atoms with E-state index in [9.17, 15) is 4.79 Å². The number of piperidine rings is 1. The third-order valence-corrected chi connectivity index (χ3v) is 4.52. The minimum absolute atomic E-state index is 0. The highest BCUT2D eigenvalue weighted by Gasteiger charge is 2.39. The molecule has 0 aromatic heterocycles. The number of hydrogen-bond donors (Lipinski definition) is 2. The van der Waals surface area contributed by atoms with Gasteiger partial charge in [0, 0.05) is 12.8 Å². The maximum atomic E-state index is 12.8. The van der Waals surface area contributed by atoms with Crippen molar-refractivity contribution < 1.29 is 14.3 Å². The molecule has 7 heteroatoms. The van der Waals surface area contributed by atoms with E-state index in [4.69, 9.17) is 21.1 Å². The molecule has 1 aromatic carbocycles. The minimum atomic E-state index is -0.487. The van der Waals surface area contributed by atoms with Gasteiger partial charge >= 0.3 is 0 Å². The van der Waals surface area contributed by atoms with E-state index in [0.29, 0.717) is 35.6 Å². The Morgan fingerprint density at radius 2 is 2.04 bits per heavy atom. The number of amides is 1. The van der Waals surface area contributed by atoms with Gasteiger partial charge in [0.25, 0.3) is 0 Å². The highest BCUT2D eigenvalue weighted by atomic mass is 35.5. The molecular formula is C18H28Cl2N2O3. The van der Waals surface area contributed by atoms with Gasteiger partial charge in [0.2, 0.25) is 5.91 Å². The fourth-order valence-electron chi connectivity index (χ4n) is 2.83. The van der Waals surface area contributed by atoms with Crippen LogP contribution in [-0.4, -0.2) is 39.3 Å². The number of hydrogen-bond acceptors (Lipinski definition) is 4. The van der Waals surface area contributed by atoms with Gasteiger partial charge in [-0.25, -0.2) is 0 Å². The van der Waals surface area contributed by atoms with Gasteiger partial charge in [-0.3, -0.25) is 4.79 Å². The lowest BCUT2D eigenvalue weighted by molar-refractivity contribution is -0.130. The first-order valence-electron chi connectivity index (χ1n) is 8.40. The number of methoxy groups -OCH3 is 1. The summed E-state index contributed by atoms with van der Waals surface area (Å²) in [6.45, 7) is 6.83. The predicted octanol–water partition coefficient (Wildman–Crippen LogP) is 3.75. The van der Waals surface area contributed by atoms with Crippen molar-refractivity contribution in [2.24, 2.45) is 11.3 Å². The van der Waals surface area contributed by atoms with Gasteiger partial charge in [-0.05, 0) is 50.0 Å². The molecule has 2 N–H and O–H groups in total. The molecule has 0 saturated carbocycles. The largest absolute Gasteiger partial charge is 0.492 e. The number of halogens is 2. The van der Waals surface area contributed by atoms with Crippen LogP contribution in [0.2, 0.25) is 5.02 Å². The van der Waals surface area contributed by atoms with Gasteiger partial charge in [-0.15, -0.1) is 12.4 Å². The summed E-state index contributed by atoms with van der Waals surface area (Å²) in [5.41, 5.74) is 0.190. The summed E-state index contributed by atoms with van der Waals surface area (Å²) in [4.78, 5) is 12.8. The van der Waals surface area contributed by atoms with Gasteiger partial charge in [-0.1, -0.05) is 25.4 Å². The molecule has 1 aliphatic heterocycles. The lowest BCUT2D eigenvalue weighted by Gasteiger charge is -2.35. The SMILES string of the molecule is COCC1(C(=O)Nc2ccc(OCC(C)C)c(Cl)c2)CCNCC1.Cl. The highest BCUT2D eigenvalue weighted by molar-refractivity contribution is 6.32. The third-order valence-electron chi connectivity index (χ3n) is 4.22. The average molecular weight is 391 g/mol. The molecule has 1 aliphatic rings. The Labute approximate surface area is 161 Å². The second-order valence-electron chi connectivity index (χ2n) is 6.77. The number of benzene rings is 1. The fourth-order valence-corrected chi connectivity index (χ4v) is 3.07. The van der Waals surface area contributed by atoms with Crippen LogP contribution in [0.5, 0.6) is 5.75 Å². The molecule has 1 saturated heterocycles. The van der Waals surface area contributed by atoms with Crippen molar-refractivity contribution in [3.8, 4) is 5.75 Å². The van der Waals surface area contributed by atoms with E-state index in [2.05, 4.69) is 24.5 Å². The van der Waals surface area contributed by atoms with E-state index in [1.807, 2.05) is 6.07 Å².